The minimum Gasteiger partial charge on any atom is -0.360 e. The van der Waals surface area contributed by atoms with Crippen molar-refractivity contribution in [2.75, 3.05) is 0 Å². The first-order chi connectivity index (χ1) is 9.24. The lowest BCUT2D eigenvalue weighted by atomic mass is 10.2. The summed E-state index contributed by atoms with van der Waals surface area (Å²) in [6, 6.07) is 1.87. The van der Waals surface area contributed by atoms with E-state index in [-0.39, 0.29) is 5.91 Å². The van der Waals surface area contributed by atoms with Gasteiger partial charge in [-0.1, -0.05) is 0 Å². The second-order valence-corrected chi connectivity index (χ2v) is 6.03. The molecule has 5 nitrogen and oxygen atoms in total. The first-order valence-corrected chi connectivity index (χ1v) is 7.20. The molecule has 7 heteroatoms. The van der Waals surface area contributed by atoms with E-state index in [4.69, 9.17) is 0 Å². The predicted molar refractivity (Wildman–Crippen MR) is 77.1 cm³/mol. The molecule has 0 atom stereocenters. The molecule has 0 saturated heterocycles. The summed E-state index contributed by atoms with van der Waals surface area (Å²) < 4.78 is 0.811. The zero-order valence-electron chi connectivity index (χ0n) is 9.68. The van der Waals surface area contributed by atoms with E-state index in [2.05, 4.69) is 36.2 Å². The Balaban J connectivity index is 1.78. The highest BCUT2D eigenvalue weighted by atomic mass is 79.9. The van der Waals surface area contributed by atoms with Crippen molar-refractivity contribution < 1.29 is 4.79 Å². The molecule has 0 aliphatic heterocycles. The molecule has 19 heavy (non-hydrogen) atoms. The Morgan fingerprint density at radius 1 is 1.47 bits per heavy atom. The maximum atomic E-state index is 12.1. The Morgan fingerprint density at radius 3 is 3.16 bits per heavy atom. The quantitative estimate of drug-likeness (QED) is 0.772. The summed E-state index contributed by atoms with van der Waals surface area (Å²) in [5.41, 5.74) is 2.25. The van der Waals surface area contributed by atoms with Crippen LogP contribution in [0.3, 0.4) is 0 Å². The number of carbonyl (C=O) groups is 1. The number of aromatic amines is 1. The standard InChI is InChI=1S/C12H9BrN4OS/c13-12-17-7(6-19-12)3-16-11(18)9-4-14-5-10-8(9)1-2-15-10/h1-2,4-6,15H,3H2,(H,16,18). The van der Waals surface area contributed by atoms with Gasteiger partial charge in [-0.3, -0.25) is 9.78 Å². The number of rotatable bonds is 3. The molecule has 0 aliphatic rings. The van der Waals surface area contributed by atoms with E-state index in [0.29, 0.717) is 12.1 Å². The van der Waals surface area contributed by atoms with Crippen LogP contribution in [0.5, 0.6) is 0 Å². The van der Waals surface area contributed by atoms with Gasteiger partial charge in [0.2, 0.25) is 0 Å². The normalized spacial score (nSPS) is 10.8. The van der Waals surface area contributed by atoms with Crippen LogP contribution >= 0.6 is 27.3 Å². The van der Waals surface area contributed by atoms with Gasteiger partial charge in [0.25, 0.3) is 5.91 Å². The molecule has 1 amide bonds. The Kier molecular flexibility index (Phi) is 3.31. The number of aromatic nitrogens is 3. The van der Waals surface area contributed by atoms with Crippen LogP contribution in [0.1, 0.15) is 16.1 Å². The number of pyridine rings is 1. The number of thiazole rings is 1. The minimum absolute atomic E-state index is 0.151. The fraction of sp³-hybridized carbons (Fsp3) is 0.0833. The Morgan fingerprint density at radius 2 is 2.37 bits per heavy atom. The lowest BCUT2D eigenvalue weighted by Gasteiger charge is -2.04. The molecule has 0 radical (unpaired) electrons. The summed E-state index contributed by atoms with van der Waals surface area (Å²) in [5, 5.41) is 5.61. The highest BCUT2D eigenvalue weighted by molar-refractivity contribution is 9.11. The number of carbonyl (C=O) groups excluding carboxylic acids is 1. The molecular formula is C12H9BrN4OS. The molecule has 0 unspecified atom stereocenters. The van der Waals surface area contributed by atoms with E-state index in [1.807, 2.05) is 11.4 Å². The summed E-state index contributed by atoms with van der Waals surface area (Å²) in [6.45, 7) is 0.405. The van der Waals surface area contributed by atoms with Crippen LogP contribution in [0.2, 0.25) is 0 Å². The lowest BCUT2D eigenvalue weighted by molar-refractivity contribution is 0.0952. The van der Waals surface area contributed by atoms with Crippen LogP contribution in [0.25, 0.3) is 10.9 Å². The third-order valence-electron chi connectivity index (χ3n) is 2.67. The first-order valence-electron chi connectivity index (χ1n) is 5.53. The monoisotopic (exact) mass is 336 g/mol. The van der Waals surface area contributed by atoms with E-state index < -0.39 is 0 Å². The summed E-state index contributed by atoms with van der Waals surface area (Å²) in [4.78, 5) is 23.4. The predicted octanol–water partition coefficient (Wildman–Crippen LogP) is 2.71. The molecule has 2 N–H and O–H groups in total. The minimum atomic E-state index is -0.151. The van der Waals surface area contributed by atoms with Gasteiger partial charge in [-0.2, -0.15) is 0 Å². The van der Waals surface area contributed by atoms with Gasteiger partial charge in [0.05, 0.1) is 29.5 Å². The number of hydrogen-bond donors (Lipinski definition) is 2. The zero-order chi connectivity index (χ0) is 13.2. The molecule has 3 aromatic rings. The molecule has 0 aromatic carbocycles. The van der Waals surface area contributed by atoms with Gasteiger partial charge in [0.1, 0.15) is 0 Å². The van der Waals surface area contributed by atoms with Gasteiger partial charge < -0.3 is 10.3 Å². The number of H-pyrrole nitrogens is 1. The van der Waals surface area contributed by atoms with Crippen LogP contribution in [-0.2, 0) is 6.54 Å². The fourth-order valence-electron chi connectivity index (χ4n) is 1.79. The molecule has 3 heterocycles. The third-order valence-corrected chi connectivity index (χ3v) is 4.09. The van der Waals surface area contributed by atoms with E-state index in [9.17, 15) is 4.79 Å². The van der Waals surface area contributed by atoms with Crippen LogP contribution in [0.15, 0.2) is 34.0 Å². The molecule has 3 rings (SSSR count). The van der Waals surface area contributed by atoms with Crippen molar-refractivity contribution in [3.05, 3.63) is 45.2 Å². The second kappa shape index (κ2) is 5.10. The maximum Gasteiger partial charge on any atom is 0.253 e. The smallest absolute Gasteiger partial charge is 0.253 e. The highest BCUT2D eigenvalue weighted by Crippen LogP contribution is 2.17. The largest absolute Gasteiger partial charge is 0.360 e. The van der Waals surface area contributed by atoms with Crippen molar-refractivity contribution >= 4 is 44.1 Å². The first kappa shape index (κ1) is 12.3. The summed E-state index contributed by atoms with van der Waals surface area (Å²) in [6.07, 6.45) is 5.06. The molecule has 0 bridgehead atoms. The van der Waals surface area contributed by atoms with Crippen molar-refractivity contribution in [2.45, 2.75) is 6.54 Å². The van der Waals surface area contributed by atoms with Crippen LogP contribution < -0.4 is 5.32 Å². The van der Waals surface area contributed by atoms with Crippen molar-refractivity contribution in [3.63, 3.8) is 0 Å². The molecule has 0 saturated carbocycles. The number of amides is 1. The van der Waals surface area contributed by atoms with Crippen molar-refractivity contribution in [1.82, 2.24) is 20.3 Å². The summed E-state index contributed by atoms with van der Waals surface area (Å²) >= 11 is 4.78. The zero-order valence-corrected chi connectivity index (χ0v) is 12.1. The molecule has 3 aromatic heterocycles. The molecule has 0 spiro atoms. The number of nitrogens with zero attached hydrogens (tertiary/aromatic N) is 2. The summed E-state index contributed by atoms with van der Waals surface area (Å²) in [5.74, 6) is -0.151. The van der Waals surface area contributed by atoms with E-state index in [0.717, 1.165) is 20.5 Å². The average molecular weight is 337 g/mol. The SMILES string of the molecule is O=C(NCc1csc(Br)n1)c1cncc2[nH]ccc12. The maximum absolute atomic E-state index is 12.1. The second-order valence-electron chi connectivity index (χ2n) is 3.90. The molecule has 96 valence electrons. The molecular weight excluding hydrogens is 328 g/mol. The fourth-order valence-corrected chi connectivity index (χ4v) is 2.84. The van der Waals surface area contributed by atoms with Gasteiger partial charge in [-0.25, -0.2) is 4.98 Å². The van der Waals surface area contributed by atoms with Gasteiger partial charge in [-0.15, -0.1) is 11.3 Å². The van der Waals surface area contributed by atoms with Gasteiger partial charge >= 0.3 is 0 Å². The van der Waals surface area contributed by atoms with Crippen molar-refractivity contribution in [1.29, 1.82) is 0 Å². The Labute approximate surface area is 121 Å². The Hall–Kier alpha value is -1.73. The number of fused-ring (bicyclic) bond motifs is 1. The summed E-state index contributed by atoms with van der Waals surface area (Å²) in [7, 11) is 0. The van der Waals surface area contributed by atoms with E-state index >= 15 is 0 Å². The van der Waals surface area contributed by atoms with Gasteiger partial charge in [0.15, 0.2) is 3.92 Å². The average Bonchev–Trinajstić information content (AvgIpc) is 3.03. The van der Waals surface area contributed by atoms with Gasteiger partial charge in [-0.05, 0) is 22.0 Å². The lowest BCUT2D eigenvalue weighted by Crippen LogP contribution is -2.23. The number of nitrogens with one attached hydrogen (secondary N) is 2. The van der Waals surface area contributed by atoms with Crippen LogP contribution in [-0.4, -0.2) is 20.9 Å². The third kappa shape index (κ3) is 2.52. The number of hydrogen-bond acceptors (Lipinski definition) is 4. The van der Waals surface area contributed by atoms with Crippen LogP contribution in [0, 0.1) is 0 Å². The van der Waals surface area contributed by atoms with E-state index in [1.165, 1.54) is 11.3 Å². The van der Waals surface area contributed by atoms with Crippen LogP contribution in [0.4, 0.5) is 0 Å². The highest BCUT2D eigenvalue weighted by Gasteiger charge is 2.11. The molecule has 0 fully saturated rings. The van der Waals surface area contributed by atoms with Crippen molar-refractivity contribution in [3.8, 4) is 0 Å². The van der Waals surface area contributed by atoms with E-state index in [1.54, 1.807) is 18.6 Å². The molecule has 0 aliphatic carbocycles. The Bertz CT molecular complexity index is 736. The van der Waals surface area contributed by atoms with Gasteiger partial charge in [0, 0.05) is 23.2 Å². The van der Waals surface area contributed by atoms with Crippen molar-refractivity contribution in [2.24, 2.45) is 0 Å². The number of halogens is 1. The topological polar surface area (TPSA) is 70.7 Å².